The molecule has 1 aromatic heterocycles. The standard InChI is InChI=1S/C23H22F2N4O3/c1-14-11-17(28(2)19(14)16-6-4-3-5-15(16)12-26)18(30)13-29-20(31)22(27-21(29)32)7-9-23(24,25)10-8-22/h3-6,11H,7-10,13H2,1-2H3,(H,27,32). The number of ketones is 1. The first kappa shape index (κ1) is 21.7. The van der Waals surface area contributed by atoms with Crippen LogP contribution in [0.2, 0.25) is 0 Å². The Balaban J connectivity index is 1.59. The summed E-state index contributed by atoms with van der Waals surface area (Å²) in [6, 6.07) is 10.1. The van der Waals surface area contributed by atoms with E-state index in [1.807, 2.05) is 6.92 Å². The summed E-state index contributed by atoms with van der Waals surface area (Å²) in [5.74, 6) is -3.94. The molecule has 1 aliphatic carbocycles. The summed E-state index contributed by atoms with van der Waals surface area (Å²) >= 11 is 0. The number of carbonyl (C=O) groups excluding carboxylic acids is 3. The van der Waals surface area contributed by atoms with Crippen LogP contribution in [-0.4, -0.2) is 45.2 Å². The molecular formula is C23H22F2N4O3. The molecular weight excluding hydrogens is 418 g/mol. The second-order valence-corrected chi connectivity index (χ2v) is 8.46. The molecule has 1 N–H and O–H groups in total. The van der Waals surface area contributed by atoms with Gasteiger partial charge < -0.3 is 9.88 Å². The normalized spacial score (nSPS) is 19.2. The van der Waals surface area contributed by atoms with E-state index in [4.69, 9.17) is 0 Å². The Morgan fingerprint density at radius 1 is 1.19 bits per heavy atom. The van der Waals surface area contributed by atoms with Gasteiger partial charge in [-0.3, -0.25) is 14.5 Å². The number of hydrogen-bond donors (Lipinski definition) is 1. The average molecular weight is 440 g/mol. The fourth-order valence-corrected chi connectivity index (χ4v) is 4.63. The second kappa shape index (κ2) is 7.55. The molecule has 1 saturated carbocycles. The number of carbonyl (C=O) groups is 3. The SMILES string of the molecule is Cc1cc(C(=O)CN2C(=O)NC3(CCC(F)(F)CC3)C2=O)n(C)c1-c1ccccc1C#N. The van der Waals surface area contributed by atoms with Crippen molar-refractivity contribution >= 4 is 17.7 Å². The second-order valence-electron chi connectivity index (χ2n) is 8.46. The van der Waals surface area contributed by atoms with Gasteiger partial charge in [0.2, 0.25) is 5.92 Å². The van der Waals surface area contributed by atoms with Crippen LogP contribution in [-0.2, 0) is 11.8 Å². The zero-order valence-electron chi connectivity index (χ0n) is 17.7. The van der Waals surface area contributed by atoms with Crippen LogP contribution in [0.3, 0.4) is 0 Å². The highest BCUT2D eigenvalue weighted by Gasteiger charge is 2.55. The molecule has 0 radical (unpaired) electrons. The summed E-state index contributed by atoms with van der Waals surface area (Å²) < 4.78 is 28.8. The Hall–Kier alpha value is -3.54. The van der Waals surface area contributed by atoms with E-state index in [-0.39, 0.29) is 18.5 Å². The topological polar surface area (TPSA) is 95.2 Å². The van der Waals surface area contributed by atoms with Crippen molar-refractivity contribution in [2.24, 2.45) is 7.05 Å². The Kier molecular flexibility index (Phi) is 5.12. The number of nitriles is 1. The van der Waals surface area contributed by atoms with Crippen molar-refractivity contribution in [3.8, 4) is 17.3 Å². The minimum absolute atomic E-state index is 0.159. The Bertz CT molecular complexity index is 1170. The van der Waals surface area contributed by atoms with Crippen LogP contribution in [0.5, 0.6) is 0 Å². The van der Waals surface area contributed by atoms with E-state index >= 15 is 0 Å². The van der Waals surface area contributed by atoms with Crippen molar-refractivity contribution in [2.45, 2.75) is 44.1 Å². The number of urea groups is 1. The van der Waals surface area contributed by atoms with Crippen LogP contribution >= 0.6 is 0 Å². The fraction of sp³-hybridized carbons (Fsp3) is 0.391. The van der Waals surface area contributed by atoms with Crippen LogP contribution < -0.4 is 5.32 Å². The molecule has 9 heteroatoms. The highest BCUT2D eigenvalue weighted by molar-refractivity contribution is 6.11. The molecule has 7 nitrogen and oxygen atoms in total. The number of imide groups is 1. The van der Waals surface area contributed by atoms with Gasteiger partial charge in [0.25, 0.3) is 5.91 Å². The number of amides is 3. The smallest absolute Gasteiger partial charge is 0.325 e. The molecule has 1 saturated heterocycles. The van der Waals surface area contributed by atoms with Crippen molar-refractivity contribution in [3.63, 3.8) is 0 Å². The predicted molar refractivity (Wildman–Crippen MR) is 111 cm³/mol. The van der Waals surface area contributed by atoms with Crippen molar-refractivity contribution < 1.29 is 23.2 Å². The van der Waals surface area contributed by atoms with Gasteiger partial charge in [-0.2, -0.15) is 5.26 Å². The number of alkyl halides is 2. The number of aromatic nitrogens is 1. The summed E-state index contributed by atoms with van der Waals surface area (Å²) in [4.78, 5) is 39.3. The van der Waals surface area contributed by atoms with Gasteiger partial charge in [-0.1, -0.05) is 18.2 Å². The molecule has 1 aliphatic heterocycles. The minimum atomic E-state index is -2.85. The zero-order chi connectivity index (χ0) is 23.3. The lowest BCUT2D eigenvalue weighted by Crippen LogP contribution is -2.51. The van der Waals surface area contributed by atoms with E-state index < -0.39 is 48.6 Å². The van der Waals surface area contributed by atoms with Gasteiger partial charge >= 0.3 is 6.03 Å². The van der Waals surface area contributed by atoms with Crippen molar-refractivity contribution in [1.82, 2.24) is 14.8 Å². The Labute approximate surface area is 183 Å². The van der Waals surface area contributed by atoms with E-state index in [0.717, 1.165) is 10.5 Å². The van der Waals surface area contributed by atoms with Gasteiger partial charge in [0.1, 0.15) is 5.54 Å². The molecule has 1 spiro atoms. The number of benzene rings is 1. The first-order valence-corrected chi connectivity index (χ1v) is 10.3. The number of hydrogen-bond acceptors (Lipinski definition) is 4. The third kappa shape index (κ3) is 3.45. The molecule has 166 valence electrons. The van der Waals surface area contributed by atoms with Gasteiger partial charge in [-0.15, -0.1) is 0 Å². The van der Waals surface area contributed by atoms with Gasteiger partial charge in [-0.25, -0.2) is 13.6 Å². The number of rotatable bonds is 4. The van der Waals surface area contributed by atoms with Crippen molar-refractivity contribution in [2.75, 3.05) is 6.54 Å². The lowest BCUT2D eigenvalue weighted by molar-refractivity contribution is -0.135. The van der Waals surface area contributed by atoms with Crippen LogP contribution in [0.4, 0.5) is 13.6 Å². The largest absolute Gasteiger partial charge is 0.341 e. The number of nitrogens with one attached hydrogen (secondary N) is 1. The first-order chi connectivity index (χ1) is 15.1. The summed E-state index contributed by atoms with van der Waals surface area (Å²) in [6.45, 7) is 1.32. The lowest BCUT2D eigenvalue weighted by Gasteiger charge is -2.34. The quantitative estimate of drug-likeness (QED) is 0.581. The third-order valence-corrected chi connectivity index (χ3v) is 6.39. The van der Waals surface area contributed by atoms with Crippen LogP contribution in [0.25, 0.3) is 11.3 Å². The van der Waals surface area contributed by atoms with Gasteiger partial charge in [-0.05, 0) is 37.5 Å². The number of halogens is 2. The van der Waals surface area contributed by atoms with Gasteiger partial charge in [0, 0.05) is 25.5 Å². The van der Waals surface area contributed by atoms with E-state index in [9.17, 15) is 28.4 Å². The number of nitrogens with zero attached hydrogens (tertiary/aromatic N) is 3. The van der Waals surface area contributed by atoms with Crippen molar-refractivity contribution in [1.29, 1.82) is 5.26 Å². The monoisotopic (exact) mass is 440 g/mol. The van der Waals surface area contributed by atoms with E-state index in [1.54, 1.807) is 41.9 Å². The lowest BCUT2D eigenvalue weighted by atomic mass is 9.80. The molecule has 4 rings (SSSR count). The molecule has 1 aromatic carbocycles. The molecule has 0 bridgehead atoms. The minimum Gasteiger partial charge on any atom is -0.341 e. The first-order valence-electron chi connectivity index (χ1n) is 10.3. The van der Waals surface area contributed by atoms with Gasteiger partial charge in [0.15, 0.2) is 5.78 Å². The average Bonchev–Trinajstić information content (AvgIpc) is 3.18. The molecule has 2 fully saturated rings. The maximum Gasteiger partial charge on any atom is 0.325 e. The molecule has 2 heterocycles. The fourth-order valence-electron chi connectivity index (χ4n) is 4.63. The Morgan fingerprint density at radius 3 is 2.50 bits per heavy atom. The molecule has 0 atom stereocenters. The summed E-state index contributed by atoms with van der Waals surface area (Å²) in [6.07, 6.45) is -1.29. The van der Waals surface area contributed by atoms with E-state index in [0.29, 0.717) is 16.8 Å². The third-order valence-electron chi connectivity index (χ3n) is 6.39. The summed E-state index contributed by atoms with van der Waals surface area (Å²) in [7, 11) is 1.68. The molecule has 3 amide bonds. The molecule has 2 aromatic rings. The highest BCUT2D eigenvalue weighted by Crippen LogP contribution is 2.41. The number of aryl methyl sites for hydroxylation is 1. The van der Waals surface area contributed by atoms with Gasteiger partial charge in [0.05, 0.1) is 29.6 Å². The molecule has 2 aliphatic rings. The Morgan fingerprint density at radius 2 is 1.84 bits per heavy atom. The summed E-state index contributed by atoms with van der Waals surface area (Å²) in [5, 5.41) is 12.0. The maximum atomic E-state index is 13.6. The van der Waals surface area contributed by atoms with Crippen LogP contribution in [0.1, 0.15) is 47.3 Å². The van der Waals surface area contributed by atoms with E-state index in [1.165, 1.54) is 0 Å². The van der Waals surface area contributed by atoms with Crippen molar-refractivity contribution in [3.05, 3.63) is 47.2 Å². The zero-order valence-corrected chi connectivity index (χ0v) is 17.7. The molecule has 32 heavy (non-hydrogen) atoms. The highest BCUT2D eigenvalue weighted by atomic mass is 19.3. The summed E-state index contributed by atoms with van der Waals surface area (Å²) in [5.41, 5.74) is 1.50. The van der Waals surface area contributed by atoms with Crippen LogP contribution in [0.15, 0.2) is 30.3 Å². The number of Topliss-reactive ketones (excluding diaryl/α,β-unsaturated/α-hetero) is 1. The van der Waals surface area contributed by atoms with Crippen LogP contribution in [0, 0.1) is 18.3 Å². The van der Waals surface area contributed by atoms with E-state index in [2.05, 4.69) is 11.4 Å². The molecule has 0 unspecified atom stereocenters. The predicted octanol–water partition coefficient (Wildman–Crippen LogP) is 3.55. The maximum absolute atomic E-state index is 13.6.